The molecular formula is C28H29Cl2F2N9O. The summed E-state index contributed by atoms with van der Waals surface area (Å²) in [6, 6.07) is 4.95. The van der Waals surface area contributed by atoms with Crippen LogP contribution in [0.4, 0.5) is 14.6 Å². The number of aliphatic hydroxyl groups excluding tert-OH is 1. The highest BCUT2D eigenvalue weighted by Crippen LogP contribution is 2.35. The molecule has 14 heteroatoms. The maximum absolute atomic E-state index is 12.9. The number of nitrogens with zero attached hydrogens (tertiary/aromatic N) is 9. The first-order valence-electron chi connectivity index (χ1n) is 13.8. The van der Waals surface area contributed by atoms with Gasteiger partial charge in [0.15, 0.2) is 11.3 Å². The summed E-state index contributed by atoms with van der Waals surface area (Å²) in [7, 11) is 0. The van der Waals surface area contributed by atoms with E-state index in [1.54, 1.807) is 23.0 Å². The molecule has 3 aromatic heterocycles. The molecule has 2 saturated heterocycles. The lowest BCUT2D eigenvalue weighted by atomic mass is 9.80. The second-order valence-electron chi connectivity index (χ2n) is 10.7. The van der Waals surface area contributed by atoms with Crippen LogP contribution in [0.25, 0.3) is 11.2 Å². The molecular weight excluding hydrogens is 587 g/mol. The number of rotatable bonds is 7. The summed E-state index contributed by atoms with van der Waals surface area (Å²) in [5, 5.41) is 18.8. The largest absolute Gasteiger partial charge is 0.395 e. The van der Waals surface area contributed by atoms with E-state index in [0.29, 0.717) is 43.4 Å². The maximum atomic E-state index is 12.9. The van der Waals surface area contributed by atoms with Crippen molar-refractivity contribution in [1.82, 2.24) is 39.4 Å². The Morgan fingerprint density at radius 3 is 2.67 bits per heavy atom. The molecule has 42 heavy (non-hydrogen) atoms. The average Bonchev–Trinajstić information content (AvgIpc) is 3.56. The van der Waals surface area contributed by atoms with Crippen molar-refractivity contribution < 1.29 is 13.9 Å². The molecule has 0 unspecified atom stereocenters. The van der Waals surface area contributed by atoms with E-state index in [-0.39, 0.29) is 18.5 Å². The van der Waals surface area contributed by atoms with Crippen LogP contribution in [0.2, 0.25) is 10.0 Å². The highest BCUT2D eigenvalue weighted by molar-refractivity contribution is 6.35. The summed E-state index contributed by atoms with van der Waals surface area (Å²) in [5.74, 6) is 7.45. The summed E-state index contributed by atoms with van der Waals surface area (Å²) in [6.07, 6.45) is 5.00. The first kappa shape index (κ1) is 28.7. The molecule has 2 atom stereocenters. The van der Waals surface area contributed by atoms with Crippen molar-refractivity contribution in [2.45, 2.75) is 32.4 Å². The zero-order chi connectivity index (χ0) is 29.4. The van der Waals surface area contributed by atoms with E-state index < -0.39 is 6.55 Å². The topological polar surface area (TPSA) is 101 Å². The van der Waals surface area contributed by atoms with Crippen LogP contribution in [0, 0.1) is 23.7 Å². The van der Waals surface area contributed by atoms with E-state index in [1.807, 2.05) is 13.0 Å². The Kier molecular flexibility index (Phi) is 8.27. The molecule has 5 heterocycles. The number of hydrogen-bond acceptors (Lipinski definition) is 8. The van der Waals surface area contributed by atoms with Gasteiger partial charge in [0.05, 0.1) is 18.8 Å². The van der Waals surface area contributed by atoms with Crippen molar-refractivity contribution in [3.05, 3.63) is 57.9 Å². The van der Waals surface area contributed by atoms with E-state index in [1.165, 1.54) is 6.42 Å². The number of likely N-dealkylation sites (tertiary alicyclic amines) is 1. The van der Waals surface area contributed by atoms with Crippen LogP contribution >= 0.6 is 23.2 Å². The smallest absolute Gasteiger partial charge is 0.334 e. The Labute approximate surface area is 251 Å². The maximum Gasteiger partial charge on any atom is 0.334 e. The molecule has 2 fully saturated rings. The van der Waals surface area contributed by atoms with Crippen molar-refractivity contribution >= 4 is 40.2 Å². The minimum absolute atomic E-state index is 0.0525. The van der Waals surface area contributed by atoms with Gasteiger partial charge in [0, 0.05) is 36.2 Å². The Hall–Kier alpha value is -3.37. The van der Waals surface area contributed by atoms with Gasteiger partial charge in [-0.3, -0.25) is 0 Å². The Morgan fingerprint density at radius 1 is 1.10 bits per heavy atom. The van der Waals surface area contributed by atoms with Crippen LogP contribution in [0.1, 0.15) is 49.4 Å². The van der Waals surface area contributed by atoms with Crippen LogP contribution in [-0.4, -0.2) is 83.9 Å². The fourth-order valence-electron chi connectivity index (χ4n) is 5.74. The van der Waals surface area contributed by atoms with Crippen molar-refractivity contribution in [2.75, 3.05) is 44.2 Å². The lowest BCUT2D eigenvalue weighted by Crippen LogP contribution is -2.54. The molecule has 1 N–H and O–H groups in total. The first-order chi connectivity index (χ1) is 20.3. The molecule has 220 valence electrons. The molecule has 0 amide bonds. The Morgan fingerprint density at radius 2 is 1.93 bits per heavy atom. The number of hydrogen-bond donors (Lipinski definition) is 1. The minimum atomic E-state index is -2.80. The van der Waals surface area contributed by atoms with Crippen LogP contribution in [0.5, 0.6) is 0 Å². The number of aromatic nitrogens is 7. The van der Waals surface area contributed by atoms with Crippen LogP contribution in [0.3, 0.4) is 0 Å². The van der Waals surface area contributed by atoms with E-state index in [4.69, 9.17) is 38.3 Å². The third-order valence-electron chi connectivity index (χ3n) is 8.03. The Balaban J connectivity index is 1.30. The summed E-state index contributed by atoms with van der Waals surface area (Å²) >= 11 is 12.7. The van der Waals surface area contributed by atoms with Gasteiger partial charge in [0.1, 0.15) is 17.7 Å². The fourth-order valence-corrected chi connectivity index (χ4v) is 6.30. The number of alkyl halides is 2. The third-order valence-corrected chi connectivity index (χ3v) is 8.59. The van der Waals surface area contributed by atoms with Gasteiger partial charge in [-0.1, -0.05) is 29.3 Å². The molecule has 0 radical (unpaired) electrons. The van der Waals surface area contributed by atoms with Gasteiger partial charge < -0.3 is 14.9 Å². The molecule has 2 aliphatic heterocycles. The van der Waals surface area contributed by atoms with Gasteiger partial charge >= 0.3 is 6.55 Å². The first-order valence-corrected chi connectivity index (χ1v) is 14.6. The van der Waals surface area contributed by atoms with E-state index in [2.05, 4.69) is 31.7 Å². The van der Waals surface area contributed by atoms with Gasteiger partial charge in [-0.25, -0.2) is 19.6 Å². The van der Waals surface area contributed by atoms with E-state index in [0.717, 1.165) is 56.9 Å². The van der Waals surface area contributed by atoms with Gasteiger partial charge in [-0.2, -0.15) is 18.6 Å². The minimum Gasteiger partial charge on any atom is -0.395 e. The standard InChI is InChI=1S/C28H29Cl2F2N9O/c1-17(21-5-4-20(29)11-22(21)30)41-27-26(23(36-41)6-7-24-34-16-40(37-24)28(31)32)33-12-25(35-27)39-14-19(15-39)18-3-2-8-38(13-18)9-10-42/h4-5,11-12,16-19,28,42H,2-3,8-10,13-15H2,1H3/t17-,18+/m1/s1. The third kappa shape index (κ3) is 5.79. The van der Waals surface area contributed by atoms with Crippen molar-refractivity contribution in [3.63, 3.8) is 0 Å². The molecule has 1 aromatic carbocycles. The highest BCUT2D eigenvalue weighted by atomic mass is 35.5. The van der Waals surface area contributed by atoms with E-state index in [9.17, 15) is 13.9 Å². The van der Waals surface area contributed by atoms with Crippen molar-refractivity contribution in [2.24, 2.45) is 11.8 Å². The van der Waals surface area contributed by atoms with Gasteiger partial charge in [-0.05, 0) is 67.7 Å². The van der Waals surface area contributed by atoms with Gasteiger partial charge in [0.25, 0.3) is 0 Å². The zero-order valence-corrected chi connectivity index (χ0v) is 24.3. The fraction of sp³-hybridized carbons (Fsp3) is 0.464. The van der Waals surface area contributed by atoms with Crippen LogP contribution < -0.4 is 4.90 Å². The predicted molar refractivity (Wildman–Crippen MR) is 155 cm³/mol. The normalized spacial score (nSPS) is 18.7. The lowest BCUT2D eigenvalue weighted by molar-refractivity contribution is 0.0561. The molecule has 4 aromatic rings. The number of anilines is 1. The Bertz CT molecular complexity index is 1640. The van der Waals surface area contributed by atoms with Crippen molar-refractivity contribution in [3.8, 4) is 11.8 Å². The lowest BCUT2D eigenvalue weighted by Gasteiger charge is -2.47. The number of piperidine rings is 1. The number of aliphatic hydroxyl groups is 1. The molecule has 10 nitrogen and oxygen atoms in total. The molecule has 0 spiro atoms. The molecule has 0 saturated carbocycles. The van der Waals surface area contributed by atoms with Crippen LogP contribution in [0.15, 0.2) is 30.7 Å². The van der Waals surface area contributed by atoms with E-state index >= 15 is 0 Å². The van der Waals surface area contributed by atoms with Crippen molar-refractivity contribution in [1.29, 1.82) is 0 Å². The molecule has 0 bridgehead atoms. The predicted octanol–water partition coefficient (Wildman–Crippen LogP) is 4.27. The molecule has 0 aliphatic carbocycles. The second kappa shape index (κ2) is 12.1. The molecule has 2 aliphatic rings. The monoisotopic (exact) mass is 615 g/mol. The summed E-state index contributed by atoms with van der Waals surface area (Å²) < 4.78 is 28.0. The summed E-state index contributed by atoms with van der Waals surface area (Å²) in [6.45, 7) is 3.89. The zero-order valence-electron chi connectivity index (χ0n) is 22.8. The summed E-state index contributed by atoms with van der Waals surface area (Å²) in [4.78, 5) is 18.1. The SMILES string of the molecule is C[C@H](c1ccc(Cl)cc1Cl)n1nc(C#Cc2ncn(C(F)F)n2)c2ncc(N3CC([C@H]4CCCN(CCO)C4)C3)nc21. The molecule has 6 rings (SSSR count). The number of β-amino-alcohol motifs (C(OH)–C–C–N with tert-alkyl or cyclic N) is 1. The van der Waals surface area contributed by atoms with Gasteiger partial charge in [0.2, 0.25) is 5.82 Å². The number of halogens is 4. The summed E-state index contributed by atoms with van der Waals surface area (Å²) in [5.41, 5.74) is 2.11. The quantitative estimate of drug-likeness (QED) is 0.308. The van der Waals surface area contributed by atoms with Crippen LogP contribution in [-0.2, 0) is 0 Å². The average molecular weight is 617 g/mol. The van der Waals surface area contributed by atoms with Gasteiger partial charge in [-0.15, -0.1) is 5.10 Å². The number of benzene rings is 1. The second-order valence-corrected chi connectivity index (χ2v) is 11.5. The number of fused-ring (bicyclic) bond motifs is 1. The highest BCUT2D eigenvalue weighted by Gasteiger charge is 2.36.